The second kappa shape index (κ2) is 9.00. The fourth-order valence-corrected chi connectivity index (χ4v) is 3.58. The summed E-state index contributed by atoms with van der Waals surface area (Å²) in [6.45, 7) is 23.5. The maximum Gasteiger partial charge on any atom is 0.192 e. The lowest BCUT2D eigenvalue weighted by molar-refractivity contribution is 0.179. The average molecular weight is 373 g/mol. The van der Waals surface area contributed by atoms with Crippen LogP contribution in [0.3, 0.4) is 0 Å². The van der Waals surface area contributed by atoms with Crippen LogP contribution in [0.5, 0.6) is 0 Å². The summed E-state index contributed by atoms with van der Waals surface area (Å²) in [7, 11) is -3.42. The fourth-order valence-electron chi connectivity index (χ4n) is 1.48. The van der Waals surface area contributed by atoms with Crippen molar-refractivity contribution in [2.24, 2.45) is 0 Å². The molecule has 1 unspecified atom stereocenters. The molecule has 3 nitrogen and oxygen atoms in total. The predicted octanol–water partition coefficient (Wildman–Crippen LogP) is 5.17. The summed E-state index contributed by atoms with van der Waals surface area (Å²) in [6.07, 6.45) is 0.637. The minimum absolute atomic E-state index is 0.199. The molecule has 0 aromatic rings. The van der Waals surface area contributed by atoms with Gasteiger partial charge in [0.15, 0.2) is 16.6 Å². The molecule has 0 heterocycles. The molecule has 0 saturated carbocycles. The van der Waals surface area contributed by atoms with E-state index in [-0.39, 0.29) is 10.1 Å². The highest BCUT2D eigenvalue weighted by atomic mass is 28.4. The topological polar surface area (TPSA) is 38.7 Å². The van der Waals surface area contributed by atoms with Gasteiger partial charge in [-0.2, -0.15) is 0 Å². The third-order valence-electron chi connectivity index (χ3n) is 5.43. The van der Waals surface area contributed by atoms with Crippen molar-refractivity contribution in [3.05, 3.63) is 0 Å². The van der Waals surface area contributed by atoms with Gasteiger partial charge in [0.25, 0.3) is 0 Å². The molecule has 24 heavy (non-hydrogen) atoms. The van der Waals surface area contributed by atoms with E-state index in [4.69, 9.17) is 8.85 Å². The summed E-state index contributed by atoms with van der Waals surface area (Å²) >= 11 is 0. The van der Waals surface area contributed by atoms with Crippen LogP contribution < -0.4 is 0 Å². The van der Waals surface area contributed by atoms with E-state index in [1.165, 1.54) is 0 Å². The zero-order valence-corrected chi connectivity index (χ0v) is 19.7. The number of aliphatic hydroxyl groups is 1. The molecule has 0 aliphatic carbocycles. The van der Waals surface area contributed by atoms with Crippen LogP contribution in [0.1, 0.15) is 54.4 Å². The first kappa shape index (κ1) is 23.9. The molecule has 1 N–H and O–H groups in total. The molecule has 0 radical (unpaired) electrons. The zero-order chi connectivity index (χ0) is 19.2. The van der Waals surface area contributed by atoms with Gasteiger partial charge in [-0.15, -0.1) is 0 Å². The molecule has 0 aliphatic rings. The first-order valence-electron chi connectivity index (χ1n) is 9.04. The smallest absolute Gasteiger partial charge is 0.192 e. The Kier molecular flexibility index (Phi) is 8.95. The third-order valence-corrected chi connectivity index (χ3v) is 14.5. The molecule has 0 aromatic heterocycles. The molecule has 0 aromatic carbocycles. The van der Waals surface area contributed by atoms with Crippen LogP contribution >= 0.6 is 0 Å². The van der Waals surface area contributed by atoms with Gasteiger partial charge in [0, 0.05) is 26.1 Å². The minimum Gasteiger partial charge on any atom is -0.417 e. The van der Waals surface area contributed by atoms with Gasteiger partial charge >= 0.3 is 0 Å². The van der Waals surface area contributed by atoms with E-state index in [2.05, 4.69) is 79.6 Å². The van der Waals surface area contributed by atoms with Gasteiger partial charge in [0.2, 0.25) is 0 Å². The highest BCUT2D eigenvalue weighted by Crippen LogP contribution is 2.37. The molecule has 0 bridgehead atoms. The minimum atomic E-state index is -1.73. The second-order valence-electron chi connectivity index (χ2n) is 9.59. The lowest BCUT2D eigenvalue weighted by Gasteiger charge is -2.36. The van der Waals surface area contributed by atoms with Crippen molar-refractivity contribution in [1.29, 1.82) is 0 Å². The van der Waals surface area contributed by atoms with Crippen LogP contribution in [0, 0.1) is 11.8 Å². The van der Waals surface area contributed by atoms with Crippen molar-refractivity contribution >= 4 is 16.6 Å². The average Bonchev–Trinajstić information content (AvgIpc) is 2.35. The molecule has 0 fully saturated rings. The lowest BCUT2D eigenvalue weighted by Crippen LogP contribution is -2.41. The quantitative estimate of drug-likeness (QED) is 0.380. The Balaban J connectivity index is 4.12. The Morgan fingerprint density at radius 1 is 0.833 bits per heavy atom. The molecule has 0 saturated heterocycles. The largest absolute Gasteiger partial charge is 0.417 e. The van der Waals surface area contributed by atoms with Crippen LogP contribution in [0.2, 0.25) is 36.3 Å². The second-order valence-corrected chi connectivity index (χ2v) is 19.2. The third kappa shape index (κ3) is 8.31. The molecule has 1 atom stereocenters. The van der Waals surface area contributed by atoms with Gasteiger partial charge in [-0.3, -0.25) is 0 Å². The van der Waals surface area contributed by atoms with Crippen LogP contribution in [0.4, 0.5) is 0 Å². The lowest BCUT2D eigenvalue weighted by atomic mass is 10.2. The van der Waals surface area contributed by atoms with E-state index in [0.717, 1.165) is 0 Å². The summed E-state index contributed by atoms with van der Waals surface area (Å²) in [5, 5.41) is 10.4. The number of hydrogen-bond donors (Lipinski definition) is 1. The maximum absolute atomic E-state index is 9.97. The van der Waals surface area contributed by atoms with Gasteiger partial charge in [0.1, 0.15) is 6.10 Å². The molecule has 0 aliphatic heterocycles. The monoisotopic (exact) mass is 372 g/mol. The Hall–Kier alpha value is -0.126. The molecular formula is C19H40O3Si2. The Morgan fingerprint density at radius 2 is 1.25 bits per heavy atom. The van der Waals surface area contributed by atoms with Gasteiger partial charge < -0.3 is 14.0 Å². The molecule has 0 rings (SSSR count). The normalized spacial score (nSPS) is 15.0. The van der Waals surface area contributed by atoms with Crippen LogP contribution in [0.15, 0.2) is 0 Å². The van der Waals surface area contributed by atoms with Crippen LogP contribution in [-0.4, -0.2) is 41.1 Å². The molecule has 142 valence electrons. The molecule has 5 heteroatoms. The van der Waals surface area contributed by atoms with Gasteiger partial charge in [-0.05, 0) is 36.3 Å². The summed E-state index contributed by atoms with van der Waals surface area (Å²) in [5.74, 6) is 5.95. The number of rotatable bonds is 7. The van der Waals surface area contributed by atoms with Crippen LogP contribution in [0.25, 0.3) is 0 Å². The van der Waals surface area contributed by atoms with E-state index < -0.39 is 22.7 Å². The fraction of sp³-hybridized carbons (Fsp3) is 0.895. The highest BCUT2D eigenvalue weighted by molar-refractivity contribution is 6.74. The van der Waals surface area contributed by atoms with Crippen molar-refractivity contribution in [2.75, 3.05) is 13.2 Å². The predicted molar refractivity (Wildman–Crippen MR) is 109 cm³/mol. The van der Waals surface area contributed by atoms with E-state index in [1.54, 1.807) is 0 Å². The van der Waals surface area contributed by atoms with Crippen molar-refractivity contribution in [2.45, 2.75) is 96.8 Å². The van der Waals surface area contributed by atoms with E-state index in [0.29, 0.717) is 26.1 Å². The Morgan fingerprint density at radius 3 is 1.67 bits per heavy atom. The van der Waals surface area contributed by atoms with Gasteiger partial charge in [-0.25, -0.2) is 0 Å². The Bertz CT molecular complexity index is 434. The van der Waals surface area contributed by atoms with Crippen molar-refractivity contribution in [3.63, 3.8) is 0 Å². The summed E-state index contributed by atoms with van der Waals surface area (Å²) < 4.78 is 12.1. The van der Waals surface area contributed by atoms with Crippen molar-refractivity contribution in [1.82, 2.24) is 0 Å². The molecule has 0 spiro atoms. The first-order valence-corrected chi connectivity index (χ1v) is 14.9. The number of hydrogen-bond acceptors (Lipinski definition) is 3. The summed E-state index contributed by atoms with van der Waals surface area (Å²) in [6, 6.07) is 0. The van der Waals surface area contributed by atoms with Gasteiger partial charge in [-0.1, -0.05) is 53.4 Å². The number of aliphatic hydroxyl groups excluding tert-OH is 1. The van der Waals surface area contributed by atoms with Crippen LogP contribution in [-0.2, 0) is 8.85 Å². The van der Waals surface area contributed by atoms with Gasteiger partial charge in [0.05, 0.1) is 0 Å². The van der Waals surface area contributed by atoms with E-state index in [1.807, 2.05) is 0 Å². The summed E-state index contributed by atoms with van der Waals surface area (Å²) in [5.41, 5.74) is 0. The SMILES string of the molecule is CC(C)(C)[Si](C)(C)OCCC#CC(O)CCO[Si](C)(C)C(C)(C)C. The summed E-state index contributed by atoms with van der Waals surface area (Å²) in [4.78, 5) is 0. The van der Waals surface area contributed by atoms with Crippen molar-refractivity contribution in [3.8, 4) is 11.8 Å². The van der Waals surface area contributed by atoms with Crippen molar-refractivity contribution < 1.29 is 14.0 Å². The maximum atomic E-state index is 9.97. The van der Waals surface area contributed by atoms with E-state index >= 15 is 0 Å². The van der Waals surface area contributed by atoms with E-state index in [9.17, 15) is 5.11 Å². The molecule has 0 amide bonds. The first-order chi connectivity index (χ1) is 10.6. The molecular weight excluding hydrogens is 332 g/mol. The highest BCUT2D eigenvalue weighted by Gasteiger charge is 2.37. The Labute approximate surface area is 152 Å². The standard InChI is InChI=1S/C19H40O3Si2/c1-18(2,3)23(7,8)21-15-12-11-13-17(20)14-16-22-24(9,10)19(4,5)6/h17,20H,12,14-16H2,1-10H3. The zero-order valence-electron chi connectivity index (χ0n) is 17.7.